The number of hydrogen-bond donors (Lipinski definition) is 1. The van der Waals surface area contributed by atoms with Gasteiger partial charge >= 0.3 is 0 Å². The SMILES string of the molecule is C1CCC2(C1)NCC1(COC1)CO2. The van der Waals surface area contributed by atoms with Crippen LogP contribution in [0.4, 0.5) is 0 Å². The Morgan fingerprint density at radius 3 is 2.23 bits per heavy atom. The molecule has 3 rings (SSSR count). The molecule has 0 amide bonds. The first-order chi connectivity index (χ1) is 6.33. The molecule has 2 saturated heterocycles. The standard InChI is InChI=1S/C10H17NO2/c1-2-4-10(3-1)11-5-9(8-13-10)6-12-7-9/h11H,1-8H2. The highest BCUT2D eigenvalue weighted by Gasteiger charge is 2.48. The van der Waals surface area contributed by atoms with E-state index in [1.165, 1.54) is 25.7 Å². The zero-order valence-electron chi connectivity index (χ0n) is 7.97. The number of ether oxygens (including phenoxy) is 2. The zero-order chi connectivity index (χ0) is 8.78. The first kappa shape index (κ1) is 8.21. The van der Waals surface area contributed by atoms with Gasteiger partial charge < -0.3 is 9.47 Å². The van der Waals surface area contributed by atoms with Gasteiger partial charge in [0.05, 0.1) is 25.2 Å². The van der Waals surface area contributed by atoms with Crippen LogP contribution in [0.3, 0.4) is 0 Å². The molecule has 74 valence electrons. The maximum Gasteiger partial charge on any atom is 0.119 e. The molecule has 13 heavy (non-hydrogen) atoms. The van der Waals surface area contributed by atoms with Crippen LogP contribution in [0.2, 0.25) is 0 Å². The van der Waals surface area contributed by atoms with Crippen molar-refractivity contribution in [3.63, 3.8) is 0 Å². The van der Waals surface area contributed by atoms with Gasteiger partial charge in [0.15, 0.2) is 0 Å². The van der Waals surface area contributed by atoms with Crippen molar-refractivity contribution >= 4 is 0 Å². The molecule has 0 unspecified atom stereocenters. The van der Waals surface area contributed by atoms with E-state index in [-0.39, 0.29) is 5.72 Å². The molecule has 1 aliphatic carbocycles. The van der Waals surface area contributed by atoms with Gasteiger partial charge in [-0.3, -0.25) is 5.32 Å². The van der Waals surface area contributed by atoms with Crippen molar-refractivity contribution in [2.75, 3.05) is 26.4 Å². The smallest absolute Gasteiger partial charge is 0.119 e. The van der Waals surface area contributed by atoms with E-state index in [0.717, 1.165) is 26.4 Å². The Balaban J connectivity index is 1.66. The molecule has 0 bridgehead atoms. The lowest BCUT2D eigenvalue weighted by atomic mass is 9.84. The molecule has 2 heterocycles. The molecule has 3 fully saturated rings. The van der Waals surface area contributed by atoms with Crippen molar-refractivity contribution in [2.45, 2.75) is 31.4 Å². The van der Waals surface area contributed by atoms with Crippen LogP contribution in [-0.2, 0) is 9.47 Å². The predicted molar refractivity (Wildman–Crippen MR) is 48.4 cm³/mol. The van der Waals surface area contributed by atoms with Crippen molar-refractivity contribution < 1.29 is 9.47 Å². The van der Waals surface area contributed by atoms with Gasteiger partial charge in [0.25, 0.3) is 0 Å². The van der Waals surface area contributed by atoms with Gasteiger partial charge in [-0.25, -0.2) is 0 Å². The molecule has 0 radical (unpaired) electrons. The molecule has 1 saturated carbocycles. The van der Waals surface area contributed by atoms with Crippen LogP contribution in [0.15, 0.2) is 0 Å². The highest BCUT2D eigenvalue weighted by molar-refractivity contribution is 4.97. The Labute approximate surface area is 78.8 Å². The van der Waals surface area contributed by atoms with E-state index >= 15 is 0 Å². The minimum Gasteiger partial charge on any atom is -0.380 e. The summed E-state index contributed by atoms with van der Waals surface area (Å²) in [6.07, 6.45) is 5.03. The van der Waals surface area contributed by atoms with Crippen molar-refractivity contribution in [2.24, 2.45) is 5.41 Å². The summed E-state index contributed by atoms with van der Waals surface area (Å²) in [4.78, 5) is 0. The lowest BCUT2D eigenvalue weighted by Gasteiger charge is -2.50. The molecular formula is C10H17NO2. The second kappa shape index (κ2) is 2.69. The molecule has 3 heteroatoms. The molecule has 2 aliphatic heterocycles. The van der Waals surface area contributed by atoms with E-state index in [9.17, 15) is 0 Å². The van der Waals surface area contributed by atoms with Gasteiger partial charge in [0, 0.05) is 6.54 Å². The summed E-state index contributed by atoms with van der Waals surface area (Å²) in [7, 11) is 0. The Kier molecular flexibility index (Phi) is 1.70. The molecular weight excluding hydrogens is 166 g/mol. The summed E-state index contributed by atoms with van der Waals surface area (Å²) in [5.74, 6) is 0. The van der Waals surface area contributed by atoms with E-state index in [1.807, 2.05) is 0 Å². The topological polar surface area (TPSA) is 30.5 Å². The van der Waals surface area contributed by atoms with E-state index in [2.05, 4.69) is 5.32 Å². The van der Waals surface area contributed by atoms with Crippen molar-refractivity contribution in [3.05, 3.63) is 0 Å². The summed E-state index contributed by atoms with van der Waals surface area (Å²) >= 11 is 0. The highest BCUT2D eigenvalue weighted by Crippen LogP contribution is 2.39. The van der Waals surface area contributed by atoms with Crippen LogP contribution in [-0.4, -0.2) is 32.1 Å². The number of hydrogen-bond acceptors (Lipinski definition) is 3. The quantitative estimate of drug-likeness (QED) is 0.605. The maximum absolute atomic E-state index is 5.99. The van der Waals surface area contributed by atoms with E-state index in [0.29, 0.717) is 5.41 Å². The second-order valence-corrected chi connectivity index (χ2v) is 4.84. The lowest BCUT2D eigenvalue weighted by molar-refractivity contribution is -0.219. The second-order valence-electron chi connectivity index (χ2n) is 4.84. The van der Waals surface area contributed by atoms with Gasteiger partial charge in [0.1, 0.15) is 5.72 Å². The van der Waals surface area contributed by atoms with Gasteiger partial charge in [-0.05, 0) is 25.7 Å². The molecule has 0 aromatic rings. The van der Waals surface area contributed by atoms with Crippen LogP contribution in [0.25, 0.3) is 0 Å². The first-order valence-electron chi connectivity index (χ1n) is 5.30. The monoisotopic (exact) mass is 183 g/mol. The zero-order valence-corrected chi connectivity index (χ0v) is 7.97. The largest absolute Gasteiger partial charge is 0.380 e. The summed E-state index contributed by atoms with van der Waals surface area (Å²) in [6.45, 7) is 3.76. The van der Waals surface area contributed by atoms with Gasteiger partial charge in [0.2, 0.25) is 0 Å². The predicted octanol–water partition coefficient (Wildman–Crippen LogP) is 0.893. The Hall–Kier alpha value is -0.120. The minimum atomic E-state index is 0.0564. The molecule has 2 spiro atoms. The first-order valence-corrected chi connectivity index (χ1v) is 5.30. The number of rotatable bonds is 0. The minimum absolute atomic E-state index is 0.0564. The number of nitrogens with one attached hydrogen (secondary N) is 1. The van der Waals surface area contributed by atoms with E-state index < -0.39 is 0 Å². The summed E-state index contributed by atoms with van der Waals surface area (Å²) < 4.78 is 11.2. The van der Waals surface area contributed by atoms with Crippen molar-refractivity contribution in [1.82, 2.24) is 5.32 Å². The van der Waals surface area contributed by atoms with Crippen LogP contribution in [0, 0.1) is 5.41 Å². The third kappa shape index (κ3) is 1.22. The average molecular weight is 183 g/mol. The fourth-order valence-electron chi connectivity index (χ4n) is 2.59. The molecule has 3 nitrogen and oxygen atoms in total. The lowest BCUT2D eigenvalue weighted by Crippen LogP contribution is -2.63. The summed E-state index contributed by atoms with van der Waals surface area (Å²) in [6, 6.07) is 0. The Bertz CT molecular complexity index is 195. The highest BCUT2D eigenvalue weighted by atomic mass is 16.5. The maximum atomic E-state index is 5.99. The van der Waals surface area contributed by atoms with Gasteiger partial charge in [-0.2, -0.15) is 0 Å². The van der Waals surface area contributed by atoms with Gasteiger partial charge in [-0.1, -0.05) is 0 Å². The van der Waals surface area contributed by atoms with Crippen LogP contribution in [0.5, 0.6) is 0 Å². The molecule has 0 aromatic heterocycles. The normalized spacial score (nSPS) is 35.1. The molecule has 1 N–H and O–H groups in total. The summed E-state index contributed by atoms with van der Waals surface area (Å²) in [5.41, 5.74) is 0.384. The van der Waals surface area contributed by atoms with Crippen LogP contribution < -0.4 is 5.32 Å². The van der Waals surface area contributed by atoms with E-state index in [4.69, 9.17) is 9.47 Å². The van der Waals surface area contributed by atoms with Crippen molar-refractivity contribution in [3.8, 4) is 0 Å². The average Bonchev–Trinajstić information content (AvgIpc) is 2.53. The fourth-order valence-corrected chi connectivity index (χ4v) is 2.59. The third-order valence-electron chi connectivity index (χ3n) is 3.67. The van der Waals surface area contributed by atoms with Crippen molar-refractivity contribution in [1.29, 1.82) is 0 Å². The third-order valence-corrected chi connectivity index (χ3v) is 3.67. The van der Waals surface area contributed by atoms with E-state index in [1.54, 1.807) is 0 Å². The Morgan fingerprint density at radius 1 is 1.00 bits per heavy atom. The van der Waals surface area contributed by atoms with Gasteiger partial charge in [-0.15, -0.1) is 0 Å². The summed E-state index contributed by atoms with van der Waals surface area (Å²) in [5, 5.41) is 3.58. The van der Waals surface area contributed by atoms with Crippen LogP contribution >= 0.6 is 0 Å². The Morgan fingerprint density at radius 2 is 1.77 bits per heavy atom. The molecule has 3 aliphatic rings. The van der Waals surface area contributed by atoms with Crippen LogP contribution in [0.1, 0.15) is 25.7 Å². The fraction of sp³-hybridized carbons (Fsp3) is 1.00. The molecule has 0 aromatic carbocycles. The molecule has 0 atom stereocenters.